The third kappa shape index (κ3) is 2.98. The molecule has 2 atom stereocenters. The number of ether oxygens (including phenoxy) is 1. The van der Waals surface area contributed by atoms with Gasteiger partial charge in [-0.3, -0.25) is 9.59 Å². The number of nitrogens with zero attached hydrogens (tertiary/aromatic N) is 2. The van der Waals surface area contributed by atoms with Gasteiger partial charge < -0.3 is 10.1 Å². The third-order valence-electron chi connectivity index (χ3n) is 6.03. The number of carbonyl (C=O) groups excluding carboxylic acids is 1. The van der Waals surface area contributed by atoms with Gasteiger partial charge in [0.05, 0.1) is 30.4 Å². The third-order valence-corrected chi connectivity index (χ3v) is 6.03. The first-order valence-electron chi connectivity index (χ1n) is 9.71. The molecule has 140 valence electrons. The van der Waals surface area contributed by atoms with Crippen molar-refractivity contribution >= 4 is 5.91 Å². The van der Waals surface area contributed by atoms with E-state index in [-0.39, 0.29) is 23.6 Å². The predicted molar refractivity (Wildman–Crippen MR) is 99.6 cm³/mol. The van der Waals surface area contributed by atoms with E-state index in [1.165, 1.54) is 4.68 Å². The molecule has 6 heteroatoms. The fraction of sp³-hybridized carbons (Fsp3) is 0.476. The topological polar surface area (TPSA) is 73.2 Å². The Labute approximate surface area is 157 Å². The summed E-state index contributed by atoms with van der Waals surface area (Å²) < 4.78 is 7.14. The Balaban J connectivity index is 1.37. The van der Waals surface area contributed by atoms with Gasteiger partial charge in [0, 0.05) is 12.0 Å². The Kier molecular flexibility index (Phi) is 3.90. The van der Waals surface area contributed by atoms with Crippen LogP contribution in [0.15, 0.2) is 47.3 Å². The molecule has 2 aliphatic carbocycles. The lowest BCUT2D eigenvalue weighted by Crippen LogP contribution is -2.47. The lowest BCUT2D eigenvalue weighted by Gasteiger charge is -2.24. The molecule has 2 saturated carbocycles. The highest BCUT2D eigenvalue weighted by Crippen LogP contribution is 2.48. The van der Waals surface area contributed by atoms with Crippen molar-refractivity contribution in [3.63, 3.8) is 0 Å². The van der Waals surface area contributed by atoms with E-state index in [2.05, 4.69) is 10.4 Å². The van der Waals surface area contributed by atoms with Crippen molar-refractivity contribution in [3.05, 3.63) is 64.1 Å². The number of hydrogen-bond acceptors (Lipinski definition) is 4. The summed E-state index contributed by atoms with van der Waals surface area (Å²) in [6.45, 7) is 0.799. The van der Waals surface area contributed by atoms with Crippen LogP contribution in [0.1, 0.15) is 48.9 Å². The van der Waals surface area contributed by atoms with Crippen LogP contribution in [0.25, 0.3) is 0 Å². The van der Waals surface area contributed by atoms with Gasteiger partial charge in [-0.15, -0.1) is 0 Å². The maximum atomic E-state index is 13.1. The Morgan fingerprint density at radius 1 is 1.11 bits per heavy atom. The highest BCUT2D eigenvalue weighted by Gasteiger charge is 2.52. The molecule has 1 saturated heterocycles. The van der Waals surface area contributed by atoms with Crippen molar-refractivity contribution in [1.29, 1.82) is 0 Å². The van der Waals surface area contributed by atoms with E-state index in [1.807, 2.05) is 36.4 Å². The lowest BCUT2D eigenvalue weighted by atomic mass is 9.94. The average Bonchev–Trinajstić information content (AvgIpc) is 3.61. The van der Waals surface area contributed by atoms with Gasteiger partial charge >= 0.3 is 0 Å². The van der Waals surface area contributed by atoms with Crippen LogP contribution in [0.4, 0.5) is 0 Å². The van der Waals surface area contributed by atoms with E-state index in [0.29, 0.717) is 19.1 Å². The number of hydrogen-bond donors (Lipinski definition) is 1. The zero-order valence-electron chi connectivity index (χ0n) is 15.1. The van der Waals surface area contributed by atoms with Crippen molar-refractivity contribution in [2.75, 3.05) is 13.2 Å². The standard InChI is InChI=1S/C21H23N3O3/c25-19-9-8-16(14-6-7-14)23-24(19)18-13-27-12-17(18)22-20(26)21(10-11-21)15-4-2-1-3-5-15/h1-5,8-9,14,17-18H,6-7,10-13H2,(H,22,26). The zero-order chi connectivity index (χ0) is 18.4. The van der Waals surface area contributed by atoms with Crippen molar-refractivity contribution in [3.8, 4) is 0 Å². The summed E-state index contributed by atoms with van der Waals surface area (Å²) in [6, 6.07) is 12.8. The summed E-state index contributed by atoms with van der Waals surface area (Å²) in [5.74, 6) is 0.501. The average molecular weight is 365 g/mol. The van der Waals surface area contributed by atoms with Crippen LogP contribution in [0, 0.1) is 0 Å². The predicted octanol–water partition coefficient (Wildman–Crippen LogP) is 1.91. The molecular formula is C21H23N3O3. The van der Waals surface area contributed by atoms with Gasteiger partial charge in [0.15, 0.2) is 0 Å². The summed E-state index contributed by atoms with van der Waals surface area (Å²) in [5, 5.41) is 7.74. The second-order valence-electron chi connectivity index (χ2n) is 7.95. The number of rotatable bonds is 5. The SMILES string of the molecule is O=C(NC1COCC1n1nc(C2CC2)ccc1=O)C1(c2ccccc2)CC1. The van der Waals surface area contributed by atoms with E-state index in [0.717, 1.165) is 36.9 Å². The van der Waals surface area contributed by atoms with Crippen LogP contribution in [0.2, 0.25) is 0 Å². The fourth-order valence-electron chi connectivity index (χ4n) is 4.03. The van der Waals surface area contributed by atoms with Crippen LogP contribution in [-0.4, -0.2) is 34.9 Å². The molecule has 6 nitrogen and oxygen atoms in total. The van der Waals surface area contributed by atoms with Gasteiger partial charge in [-0.25, -0.2) is 4.68 Å². The molecule has 0 radical (unpaired) electrons. The molecule has 0 bridgehead atoms. The smallest absolute Gasteiger partial charge is 0.267 e. The molecule has 1 aliphatic heterocycles. The van der Waals surface area contributed by atoms with Gasteiger partial charge in [-0.2, -0.15) is 5.10 Å². The van der Waals surface area contributed by atoms with Crippen molar-refractivity contribution < 1.29 is 9.53 Å². The minimum Gasteiger partial charge on any atom is -0.377 e. The fourth-order valence-corrected chi connectivity index (χ4v) is 4.03. The molecule has 1 aromatic carbocycles. The number of nitrogens with one attached hydrogen (secondary N) is 1. The Morgan fingerprint density at radius 2 is 1.89 bits per heavy atom. The molecule has 3 fully saturated rings. The molecule has 0 spiro atoms. The maximum absolute atomic E-state index is 13.1. The molecule has 3 aliphatic rings. The van der Waals surface area contributed by atoms with Gasteiger partial charge in [0.25, 0.3) is 5.56 Å². The van der Waals surface area contributed by atoms with Crippen LogP contribution in [0.3, 0.4) is 0 Å². The first-order chi connectivity index (χ1) is 13.2. The minimum absolute atomic E-state index is 0.0283. The van der Waals surface area contributed by atoms with Crippen molar-refractivity contribution in [2.45, 2.75) is 49.1 Å². The molecule has 2 aromatic rings. The molecule has 1 amide bonds. The molecule has 5 rings (SSSR count). The van der Waals surface area contributed by atoms with Crippen LogP contribution >= 0.6 is 0 Å². The van der Waals surface area contributed by atoms with Crippen LogP contribution in [-0.2, 0) is 14.9 Å². The van der Waals surface area contributed by atoms with Crippen LogP contribution < -0.4 is 10.9 Å². The zero-order valence-corrected chi connectivity index (χ0v) is 15.1. The molecule has 2 unspecified atom stereocenters. The molecule has 27 heavy (non-hydrogen) atoms. The van der Waals surface area contributed by atoms with Gasteiger partial charge in [-0.1, -0.05) is 30.3 Å². The van der Waals surface area contributed by atoms with E-state index < -0.39 is 5.41 Å². The van der Waals surface area contributed by atoms with Gasteiger partial charge in [0.1, 0.15) is 6.04 Å². The Morgan fingerprint density at radius 3 is 2.59 bits per heavy atom. The Bertz CT molecular complexity index is 916. The van der Waals surface area contributed by atoms with Crippen molar-refractivity contribution in [1.82, 2.24) is 15.1 Å². The second-order valence-corrected chi connectivity index (χ2v) is 7.95. The summed E-state index contributed by atoms with van der Waals surface area (Å²) in [6.07, 6.45) is 3.98. The van der Waals surface area contributed by atoms with E-state index in [4.69, 9.17) is 4.74 Å². The largest absolute Gasteiger partial charge is 0.377 e. The van der Waals surface area contributed by atoms with Crippen LogP contribution in [0.5, 0.6) is 0 Å². The number of amides is 1. The quantitative estimate of drug-likeness (QED) is 0.878. The van der Waals surface area contributed by atoms with E-state index in [1.54, 1.807) is 6.07 Å². The molecule has 1 aromatic heterocycles. The second kappa shape index (κ2) is 6.30. The first-order valence-corrected chi connectivity index (χ1v) is 9.71. The van der Waals surface area contributed by atoms with Crippen molar-refractivity contribution in [2.24, 2.45) is 0 Å². The maximum Gasteiger partial charge on any atom is 0.267 e. The highest BCUT2D eigenvalue weighted by molar-refractivity contribution is 5.91. The highest BCUT2D eigenvalue weighted by atomic mass is 16.5. The van der Waals surface area contributed by atoms with E-state index in [9.17, 15) is 9.59 Å². The summed E-state index contributed by atoms with van der Waals surface area (Å²) >= 11 is 0. The minimum atomic E-state index is -0.428. The molecule has 1 N–H and O–H groups in total. The van der Waals surface area contributed by atoms with Gasteiger partial charge in [0.2, 0.25) is 5.91 Å². The monoisotopic (exact) mass is 365 g/mol. The summed E-state index contributed by atoms with van der Waals surface area (Å²) in [5.41, 5.74) is 1.46. The number of aromatic nitrogens is 2. The first kappa shape index (κ1) is 16.7. The number of carbonyl (C=O) groups is 1. The summed E-state index contributed by atoms with van der Waals surface area (Å²) in [4.78, 5) is 25.5. The normalized spacial score (nSPS) is 25.9. The molecular weight excluding hydrogens is 342 g/mol. The lowest BCUT2D eigenvalue weighted by molar-refractivity contribution is -0.124. The number of benzene rings is 1. The van der Waals surface area contributed by atoms with E-state index >= 15 is 0 Å². The summed E-state index contributed by atoms with van der Waals surface area (Å²) in [7, 11) is 0. The van der Waals surface area contributed by atoms with Gasteiger partial charge in [-0.05, 0) is 37.3 Å². The molecule has 2 heterocycles. The Hall–Kier alpha value is -2.47.